The summed E-state index contributed by atoms with van der Waals surface area (Å²) in [4.78, 5) is 20.9. The van der Waals surface area contributed by atoms with E-state index in [0.717, 1.165) is 9.88 Å². The van der Waals surface area contributed by atoms with Crippen molar-refractivity contribution in [2.75, 3.05) is 11.9 Å². The molecule has 0 saturated heterocycles. The average molecular weight is 302 g/mol. The summed E-state index contributed by atoms with van der Waals surface area (Å²) in [5.74, 6) is 0.0959. The van der Waals surface area contributed by atoms with Crippen LogP contribution in [0.15, 0.2) is 18.3 Å². The van der Waals surface area contributed by atoms with E-state index >= 15 is 0 Å². The fraction of sp³-hybridized carbons (Fsp3) is 0.286. The number of carbonyl (C=O) groups is 1. The van der Waals surface area contributed by atoms with E-state index in [0.29, 0.717) is 30.2 Å². The van der Waals surface area contributed by atoms with Crippen molar-refractivity contribution in [1.29, 1.82) is 5.26 Å². The fourth-order valence-corrected chi connectivity index (χ4v) is 2.57. The first kappa shape index (κ1) is 14.9. The van der Waals surface area contributed by atoms with Crippen molar-refractivity contribution >= 4 is 23.1 Å². The smallest absolute Gasteiger partial charge is 0.358 e. The van der Waals surface area contributed by atoms with Crippen LogP contribution in [-0.4, -0.2) is 22.5 Å². The van der Waals surface area contributed by atoms with Crippen LogP contribution in [0, 0.1) is 18.3 Å². The maximum absolute atomic E-state index is 11.7. The van der Waals surface area contributed by atoms with Gasteiger partial charge in [-0.05, 0) is 26.0 Å². The van der Waals surface area contributed by atoms with Crippen LogP contribution in [0.3, 0.4) is 0 Å². The Bertz CT molecular complexity index is 691. The maximum Gasteiger partial charge on any atom is 0.358 e. The summed E-state index contributed by atoms with van der Waals surface area (Å²) in [5.41, 5.74) is 0.816. The van der Waals surface area contributed by atoms with Crippen LogP contribution in [0.4, 0.5) is 5.82 Å². The molecule has 0 amide bonds. The second-order valence-electron chi connectivity index (χ2n) is 4.10. The first-order valence-corrected chi connectivity index (χ1v) is 7.19. The van der Waals surface area contributed by atoms with Crippen molar-refractivity contribution in [3.05, 3.63) is 39.5 Å². The molecular formula is C14H14N4O2S. The molecule has 2 aromatic heterocycles. The largest absolute Gasteiger partial charge is 0.461 e. The number of rotatable bonds is 5. The number of pyridine rings is 1. The van der Waals surface area contributed by atoms with Gasteiger partial charge in [-0.3, -0.25) is 0 Å². The zero-order valence-corrected chi connectivity index (χ0v) is 12.5. The molecule has 0 aliphatic heterocycles. The van der Waals surface area contributed by atoms with Crippen molar-refractivity contribution < 1.29 is 9.53 Å². The summed E-state index contributed by atoms with van der Waals surface area (Å²) in [6, 6.07) is 5.46. The summed E-state index contributed by atoms with van der Waals surface area (Å²) in [6.07, 6.45) is 1.61. The molecule has 0 unspecified atom stereocenters. The normalized spacial score (nSPS) is 9.95. The minimum absolute atomic E-state index is 0.322. The van der Waals surface area contributed by atoms with E-state index in [-0.39, 0.29) is 0 Å². The lowest BCUT2D eigenvalue weighted by atomic mass is 10.3. The molecule has 0 radical (unpaired) electrons. The van der Waals surface area contributed by atoms with Gasteiger partial charge in [-0.25, -0.2) is 14.8 Å². The number of ether oxygens (including phenoxy) is 1. The average Bonchev–Trinajstić information content (AvgIpc) is 2.87. The van der Waals surface area contributed by atoms with E-state index in [2.05, 4.69) is 21.4 Å². The summed E-state index contributed by atoms with van der Waals surface area (Å²) in [5, 5.41) is 12.8. The van der Waals surface area contributed by atoms with Crippen molar-refractivity contribution in [3.8, 4) is 6.07 Å². The van der Waals surface area contributed by atoms with Crippen LogP contribution in [0.25, 0.3) is 0 Å². The highest BCUT2D eigenvalue weighted by molar-refractivity contribution is 7.11. The Morgan fingerprint density at radius 2 is 2.38 bits per heavy atom. The number of nitrogens with zero attached hydrogens (tertiary/aromatic N) is 3. The number of carbonyl (C=O) groups excluding carboxylic acids is 1. The number of anilines is 1. The van der Waals surface area contributed by atoms with E-state index in [1.165, 1.54) is 11.3 Å². The lowest BCUT2D eigenvalue weighted by Crippen LogP contribution is -2.07. The van der Waals surface area contributed by atoms with Crippen LogP contribution >= 0.6 is 11.3 Å². The van der Waals surface area contributed by atoms with Gasteiger partial charge in [0.25, 0.3) is 0 Å². The number of aromatic nitrogens is 2. The molecule has 0 bridgehead atoms. The number of hydrogen-bond acceptors (Lipinski definition) is 7. The number of nitriles is 1. The highest BCUT2D eigenvalue weighted by Crippen LogP contribution is 2.20. The zero-order valence-electron chi connectivity index (χ0n) is 11.7. The van der Waals surface area contributed by atoms with Crippen LogP contribution < -0.4 is 5.32 Å². The van der Waals surface area contributed by atoms with Gasteiger partial charge in [0.2, 0.25) is 0 Å². The number of aryl methyl sites for hydroxylation is 1. The zero-order chi connectivity index (χ0) is 15.2. The third kappa shape index (κ3) is 3.55. The molecule has 2 rings (SSSR count). The summed E-state index contributed by atoms with van der Waals surface area (Å²) in [6.45, 7) is 4.31. The Kier molecular flexibility index (Phi) is 4.85. The molecule has 0 fully saturated rings. The standard InChI is InChI=1S/C14H14N4O2S/c1-3-20-14(19)12-9(2)21-11(18-12)8-17-13-10(7-15)5-4-6-16-13/h4-6H,3,8H2,1-2H3,(H,16,17). The SMILES string of the molecule is CCOC(=O)c1nc(CNc2ncccc2C#N)sc1C. The van der Waals surface area contributed by atoms with Crippen LogP contribution in [0.2, 0.25) is 0 Å². The predicted octanol–water partition coefficient (Wildman–Crippen LogP) is 2.51. The lowest BCUT2D eigenvalue weighted by molar-refractivity contribution is 0.0519. The number of hydrogen-bond donors (Lipinski definition) is 1. The van der Waals surface area contributed by atoms with E-state index < -0.39 is 5.97 Å². The van der Waals surface area contributed by atoms with Crippen molar-refractivity contribution in [1.82, 2.24) is 9.97 Å². The molecule has 0 aliphatic rings. The fourth-order valence-electron chi connectivity index (χ4n) is 1.71. The number of thiazole rings is 1. The summed E-state index contributed by atoms with van der Waals surface area (Å²) in [7, 11) is 0. The van der Waals surface area contributed by atoms with Crippen molar-refractivity contribution in [3.63, 3.8) is 0 Å². The highest BCUT2D eigenvalue weighted by Gasteiger charge is 2.16. The molecule has 108 valence electrons. The van der Waals surface area contributed by atoms with Crippen molar-refractivity contribution in [2.24, 2.45) is 0 Å². The molecule has 21 heavy (non-hydrogen) atoms. The Morgan fingerprint density at radius 3 is 3.10 bits per heavy atom. The molecule has 2 heterocycles. The van der Waals surface area contributed by atoms with Gasteiger partial charge in [0.1, 0.15) is 16.9 Å². The van der Waals surface area contributed by atoms with Crippen LogP contribution in [-0.2, 0) is 11.3 Å². The second kappa shape index (κ2) is 6.81. The van der Waals surface area contributed by atoms with Gasteiger partial charge in [0.15, 0.2) is 5.69 Å². The Labute approximate surface area is 126 Å². The van der Waals surface area contributed by atoms with Gasteiger partial charge in [-0.2, -0.15) is 5.26 Å². The van der Waals surface area contributed by atoms with Gasteiger partial charge < -0.3 is 10.1 Å². The quantitative estimate of drug-likeness (QED) is 0.854. The van der Waals surface area contributed by atoms with Gasteiger partial charge in [0.05, 0.1) is 18.7 Å². The maximum atomic E-state index is 11.7. The summed E-state index contributed by atoms with van der Waals surface area (Å²) < 4.78 is 4.95. The predicted molar refractivity (Wildman–Crippen MR) is 79.1 cm³/mol. The van der Waals surface area contributed by atoms with E-state index in [1.54, 1.807) is 25.3 Å². The van der Waals surface area contributed by atoms with E-state index in [1.807, 2.05) is 6.92 Å². The van der Waals surface area contributed by atoms with Crippen LogP contribution in [0.5, 0.6) is 0 Å². The molecule has 0 aromatic carbocycles. The van der Waals surface area contributed by atoms with Crippen LogP contribution in [0.1, 0.15) is 32.9 Å². The third-order valence-electron chi connectivity index (χ3n) is 2.64. The Balaban J connectivity index is 2.09. The Hall–Kier alpha value is -2.46. The molecule has 1 N–H and O–H groups in total. The molecule has 7 heteroatoms. The summed E-state index contributed by atoms with van der Waals surface area (Å²) >= 11 is 1.42. The van der Waals surface area contributed by atoms with Gasteiger partial charge in [-0.15, -0.1) is 11.3 Å². The second-order valence-corrected chi connectivity index (χ2v) is 5.39. The minimum atomic E-state index is -0.409. The van der Waals surface area contributed by atoms with Gasteiger partial charge in [-0.1, -0.05) is 0 Å². The molecule has 6 nitrogen and oxygen atoms in total. The first-order valence-electron chi connectivity index (χ1n) is 6.38. The Morgan fingerprint density at radius 1 is 1.57 bits per heavy atom. The number of esters is 1. The highest BCUT2D eigenvalue weighted by atomic mass is 32.1. The molecular weight excluding hydrogens is 288 g/mol. The molecule has 0 aliphatic carbocycles. The molecule has 0 spiro atoms. The first-order chi connectivity index (χ1) is 10.2. The van der Waals surface area contributed by atoms with E-state index in [9.17, 15) is 4.79 Å². The van der Waals surface area contributed by atoms with Crippen molar-refractivity contribution in [2.45, 2.75) is 20.4 Å². The molecule has 0 saturated carbocycles. The topological polar surface area (TPSA) is 87.9 Å². The third-order valence-corrected chi connectivity index (χ3v) is 3.62. The molecule has 0 atom stereocenters. The number of nitrogens with one attached hydrogen (secondary N) is 1. The van der Waals surface area contributed by atoms with Gasteiger partial charge in [0, 0.05) is 11.1 Å². The molecule has 2 aromatic rings. The minimum Gasteiger partial charge on any atom is -0.461 e. The lowest BCUT2D eigenvalue weighted by Gasteiger charge is -2.04. The van der Waals surface area contributed by atoms with E-state index in [4.69, 9.17) is 10.00 Å². The monoisotopic (exact) mass is 302 g/mol. The van der Waals surface area contributed by atoms with Gasteiger partial charge >= 0.3 is 5.97 Å².